The van der Waals surface area contributed by atoms with E-state index in [1.54, 1.807) is 0 Å². The maximum atomic E-state index is 12.4. The summed E-state index contributed by atoms with van der Waals surface area (Å²) in [6.07, 6.45) is 2.30. The fourth-order valence-electron chi connectivity index (χ4n) is 3.55. The molecule has 3 aromatic carbocycles. The molecule has 0 saturated carbocycles. The quantitative estimate of drug-likeness (QED) is 0.378. The molecule has 2 N–H and O–H groups in total. The van der Waals surface area contributed by atoms with E-state index in [0.29, 0.717) is 31.3 Å². The zero-order chi connectivity index (χ0) is 23.4. The largest absolute Gasteiger partial charge is 0.491 e. The van der Waals surface area contributed by atoms with Crippen LogP contribution < -0.4 is 24.8 Å². The summed E-state index contributed by atoms with van der Waals surface area (Å²) < 4.78 is 22.8. The highest BCUT2D eigenvalue weighted by Crippen LogP contribution is 2.24. The van der Waals surface area contributed by atoms with E-state index in [1.165, 1.54) is 0 Å². The monoisotopic (exact) mass is 462 g/mol. The lowest BCUT2D eigenvalue weighted by atomic mass is 10.2. The van der Waals surface area contributed by atoms with E-state index in [0.717, 1.165) is 36.6 Å². The summed E-state index contributed by atoms with van der Waals surface area (Å²) in [6.45, 7) is 2.28. The predicted octanol–water partition coefficient (Wildman–Crippen LogP) is 4.75. The van der Waals surface area contributed by atoms with Crippen molar-refractivity contribution in [3.8, 4) is 17.2 Å². The molecule has 1 heterocycles. The molecule has 4 rings (SSSR count). The number of benzene rings is 3. The van der Waals surface area contributed by atoms with E-state index in [9.17, 15) is 4.79 Å². The SMILES string of the molecule is O=C(CNc1ccccc1OCCOc1ccccc1)Nc1ccc(OCC2CCCO2)cc1. The molecule has 1 saturated heterocycles. The molecule has 34 heavy (non-hydrogen) atoms. The molecule has 1 atom stereocenters. The van der Waals surface area contributed by atoms with Crippen LogP contribution in [0.15, 0.2) is 78.9 Å². The van der Waals surface area contributed by atoms with Gasteiger partial charge < -0.3 is 29.6 Å². The zero-order valence-electron chi connectivity index (χ0n) is 19.1. The van der Waals surface area contributed by atoms with Crippen molar-refractivity contribution in [2.45, 2.75) is 18.9 Å². The Bertz CT molecular complexity index is 1020. The van der Waals surface area contributed by atoms with Crippen molar-refractivity contribution in [1.29, 1.82) is 0 Å². The average molecular weight is 463 g/mol. The summed E-state index contributed by atoms with van der Waals surface area (Å²) in [5.74, 6) is 2.07. The normalized spacial score (nSPS) is 14.9. The van der Waals surface area contributed by atoms with Crippen molar-refractivity contribution in [2.75, 3.05) is 43.6 Å². The van der Waals surface area contributed by atoms with Crippen LogP contribution in [-0.4, -0.2) is 45.0 Å². The third-order valence-electron chi connectivity index (χ3n) is 5.28. The molecule has 0 aromatic heterocycles. The Morgan fingerprint density at radius 2 is 1.59 bits per heavy atom. The summed E-state index contributed by atoms with van der Waals surface area (Å²) in [5.41, 5.74) is 1.45. The Labute approximate surface area is 200 Å². The molecule has 1 aliphatic heterocycles. The van der Waals surface area contributed by atoms with Crippen molar-refractivity contribution in [3.05, 3.63) is 78.9 Å². The summed E-state index contributed by atoms with van der Waals surface area (Å²) in [4.78, 5) is 12.4. The Morgan fingerprint density at radius 1 is 0.853 bits per heavy atom. The second-order valence-corrected chi connectivity index (χ2v) is 7.88. The first-order valence-electron chi connectivity index (χ1n) is 11.5. The van der Waals surface area contributed by atoms with Gasteiger partial charge in [-0.15, -0.1) is 0 Å². The molecule has 3 aromatic rings. The molecule has 1 unspecified atom stereocenters. The predicted molar refractivity (Wildman–Crippen MR) is 132 cm³/mol. The van der Waals surface area contributed by atoms with Gasteiger partial charge in [0.25, 0.3) is 0 Å². The standard InChI is InChI=1S/C27H30N2O5/c30-27(29-21-12-14-23(15-13-21)34-20-24-9-6-16-31-24)19-28-25-10-4-5-11-26(25)33-18-17-32-22-7-2-1-3-8-22/h1-5,7-8,10-15,24,28H,6,9,16-20H2,(H,29,30). The molecule has 1 aliphatic rings. The number of ether oxygens (including phenoxy) is 4. The Balaban J connectivity index is 1.19. The maximum absolute atomic E-state index is 12.4. The summed E-state index contributed by atoms with van der Waals surface area (Å²) >= 11 is 0. The smallest absolute Gasteiger partial charge is 0.243 e. The number of rotatable bonds is 12. The molecule has 1 fully saturated rings. The number of anilines is 2. The molecule has 7 nitrogen and oxygen atoms in total. The lowest BCUT2D eigenvalue weighted by Gasteiger charge is -2.14. The molecular weight excluding hydrogens is 432 g/mol. The molecule has 0 aliphatic carbocycles. The van der Waals surface area contributed by atoms with Crippen LogP contribution in [-0.2, 0) is 9.53 Å². The van der Waals surface area contributed by atoms with E-state index in [-0.39, 0.29) is 18.6 Å². The second kappa shape index (κ2) is 12.5. The fourth-order valence-corrected chi connectivity index (χ4v) is 3.55. The van der Waals surface area contributed by atoms with Crippen LogP contribution in [0.4, 0.5) is 11.4 Å². The molecule has 0 spiro atoms. The van der Waals surface area contributed by atoms with E-state index < -0.39 is 0 Å². The molecule has 1 amide bonds. The van der Waals surface area contributed by atoms with Gasteiger partial charge in [0.05, 0.1) is 18.3 Å². The van der Waals surface area contributed by atoms with Crippen molar-refractivity contribution in [1.82, 2.24) is 0 Å². The van der Waals surface area contributed by atoms with E-state index in [4.69, 9.17) is 18.9 Å². The third-order valence-corrected chi connectivity index (χ3v) is 5.28. The van der Waals surface area contributed by atoms with Gasteiger partial charge >= 0.3 is 0 Å². The third kappa shape index (κ3) is 7.42. The topological polar surface area (TPSA) is 78.1 Å². The van der Waals surface area contributed by atoms with E-state index in [2.05, 4.69) is 10.6 Å². The first-order chi connectivity index (χ1) is 16.8. The number of para-hydroxylation sites is 3. The fraction of sp³-hybridized carbons (Fsp3) is 0.296. The zero-order valence-corrected chi connectivity index (χ0v) is 19.1. The van der Waals surface area contributed by atoms with Gasteiger partial charge in [-0.1, -0.05) is 30.3 Å². The van der Waals surface area contributed by atoms with Crippen LogP contribution >= 0.6 is 0 Å². The van der Waals surface area contributed by atoms with Gasteiger partial charge in [0.1, 0.15) is 37.1 Å². The Hall–Kier alpha value is -3.71. The molecule has 7 heteroatoms. The van der Waals surface area contributed by atoms with Crippen LogP contribution in [0.2, 0.25) is 0 Å². The van der Waals surface area contributed by atoms with Crippen molar-refractivity contribution >= 4 is 17.3 Å². The summed E-state index contributed by atoms with van der Waals surface area (Å²) in [7, 11) is 0. The van der Waals surface area contributed by atoms with Crippen molar-refractivity contribution in [3.63, 3.8) is 0 Å². The number of amides is 1. The van der Waals surface area contributed by atoms with Crippen LogP contribution in [0.1, 0.15) is 12.8 Å². The van der Waals surface area contributed by atoms with E-state index in [1.807, 2.05) is 78.9 Å². The van der Waals surface area contributed by atoms with Crippen LogP contribution in [0.3, 0.4) is 0 Å². The maximum Gasteiger partial charge on any atom is 0.243 e. The minimum Gasteiger partial charge on any atom is -0.491 e. The Kier molecular flexibility index (Phi) is 8.63. The number of carbonyl (C=O) groups excluding carboxylic acids is 1. The molecule has 178 valence electrons. The number of hydrogen-bond donors (Lipinski definition) is 2. The number of nitrogens with one attached hydrogen (secondary N) is 2. The first-order valence-corrected chi connectivity index (χ1v) is 11.5. The number of carbonyl (C=O) groups is 1. The van der Waals surface area contributed by atoms with Gasteiger partial charge in [0.2, 0.25) is 5.91 Å². The highest BCUT2D eigenvalue weighted by molar-refractivity contribution is 5.94. The lowest BCUT2D eigenvalue weighted by molar-refractivity contribution is -0.114. The molecular formula is C27H30N2O5. The van der Waals surface area contributed by atoms with Gasteiger partial charge in [-0.3, -0.25) is 4.79 Å². The molecule has 0 bridgehead atoms. The highest BCUT2D eigenvalue weighted by Gasteiger charge is 2.16. The summed E-state index contributed by atoms with van der Waals surface area (Å²) in [5, 5.41) is 6.02. The van der Waals surface area contributed by atoms with Gasteiger partial charge in [0.15, 0.2) is 0 Å². The van der Waals surface area contributed by atoms with Gasteiger partial charge in [-0.2, -0.15) is 0 Å². The van der Waals surface area contributed by atoms with E-state index >= 15 is 0 Å². The van der Waals surface area contributed by atoms with Gasteiger partial charge in [-0.05, 0) is 61.4 Å². The lowest BCUT2D eigenvalue weighted by Crippen LogP contribution is -2.22. The van der Waals surface area contributed by atoms with Crippen LogP contribution in [0.5, 0.6) is 17.2 Å². The van der Waals surface area contributed by atoms with Crippen molar-refractivity contribution < 1.29 is 23.7 Å². The van der Waals surface area contributed by atoms with Crippen LogP contribution in [0.25, 0.3) is 0 Å². The summed E-state index contributed by atoms with van der Waals surface area (Å²) in [6, 6.07) is 24.5. The molecule has 0 radical (unpaired) electrons. The van der Waals surface area contributed by atoms with Crippen LogP contribution in [0, 0.1) is 0 Å². The van der Waals surface area contributed by atoms with Gasteiger partial charge in [0, 0.05) is 12.3 Å². The minimum absolute atomic E-state index is 0.109. The minimum atomic E-state index is -0.157. The highest BCUT2D eigenvalue weighted by atomic mass is 16.5. The Morgan fingerprint density at radius 3 is 2.38 bits per heavy atom. The number of hydrogen-bond acceptors (Lipinski definition) is 6. The van der Waals surface area contributed by atoms with Gasteiger partial charge in [-0.25, -0.2) is 0 Å². The second-order valence-electron chi connectivity index (χ2n) is 7.88. The first kappa shape index (κ1) is 23.4. The van der Waals surface area contributed by atoms with Crippen molar-refractivity contribution in [2.24, 2.45) is 0 Å². The average Bonchev–Trinajstić information content (AvgIpc) is 3.40.